The van der Waals surface area contributed by atoms with Crippen LogP contribution < -0.4 is 5.56 Å². The van der Waals surface area contributed by atoms with Crippen LogP contribution in [0.3, 0.4) is 0 Å². The lowest BCUT2D eigenvalue weighted by Crippen LogP contribution is -2.21. The quantitative estimate of drug-likeness (QED) is 0.387. The van der Waals surface area contributed by atoms with Crippen LogP contribution in [-0.2, 0) is 13.1 Å². The van der Waals surface area contributed by atoms with Crippen molar-refractivity contribution in [2.45, 2.75) is 57.1 Å². The zero-order chi connectivity index (χ0) is 22.9. The highest BCUT2D eigenvalue weighted by Crippen LogP contribution is 2.34. The maximum atomic E-state index is 12.8. The highest BCUT2D eigenvalue weighted by Gasteiger charge is 2.22. The Morgan fingerprint density at radius 2 is 1.88 bits per heavy atom. The van der Waals surface area contributed by atoms with Gasteiger partial charge in [-0.3, -0.25) is 9.69 Å². The van der Waals surface area contributed by atoms with E-state index in [0.717, 1.165) is 52.4 Å². The number of aryl methyl sites for hydroxylation is 2. The first-order valence-corrected chi connectivity index (χ1v) is 13.0. The van der Waals surface area contributed by atoms with Crippen LogP contribution in [0.5, 0.6) is 0 Å². The number of thiophene rings is 1. The number of nitrogens with zero attached hydrogens (tertiary/aromatic N) is 5. The standard InChI is InChI=1S/C24H28N6OS2/c1-15-16(2)32-23-20(15)22(31)25-21(26-23)17(3)33-24-28-27-19(14-29-11-7-8-12-29)30(24)13-18-9-5-4-6-10-18/h4-6,9-10,17H,7-8,11-14H2,1-3H3,(H,25,26,31)/t17-/m0/s1. The van der Waals surface area contributed by atoms with Crippen LogP contribution in [0.1, 0.15) is 52.7 Å². The van der Waals surface area contributed by atoms with Gasteiger partial charge in [-0.25, -0.2) is 4.98 Å². The molecule has 1 atom stereocenters. The van der Waals surface area contributed by atoms with Gasteiger partial charge in [-0.1, -0.05) is 42.1 Å². The molecule has 0 saturated carbocycles. The van der Waals surface area contributed by atoms with E-state index in [0.29, 0.717) is 11.2 Å². The fraction of sp³-hybridized carbons (Fsp3) is 0.417. The minimum atomic E-state index is -0.0665. The first-order valence-electron chi connectivity index (χ1n) is 11.3. The Labute approximate surface area is 201 Å². The second kappa shape index (κ2) is 9.40. The van der Waals surface area contributed by atoms with Gasteiger partial charge in [-0.05, 0) is 57.8 Å². The van der Waals surface area contributed by atoms with Crippen molar-refractivity contribution in [1.29, 1.82) is 0 Å². The van der Waals surface area contributed by atoms with Crippen molar-refractivity contribution in [3.05, 3.63) is 68.3 Å². The molecule has 1 saturated heterocycles. The van der Waals surface area contributed by atoms with Crippen LogP contribution in [0.4, 0.5) is 0 Å². The van der Waals surface area contributed by atoms with Crippen LogP contribution >= 0.6 is 23.1 Å². The zero-order valence-electron chi connectivity index (χ0n) is 19.2. The van der Waals surface area contributed by atoms with Gasteiger partial charge in [0.25, 0.3) is 5.56 Å². The monoisotopic (exact) mass is 480 g/mol. The summed E-state index contributed by atoms with van der Waals surface area (Å²) in [5.74, 6) is 1.66. The number of aromatic nitrogens is 5. The molecule has 0 bridgehead atoms. The lowest BCUT2D eigenvalue weighted by atomic mass is 10.2. The van der Waals surface area contributed by atoms with E-state index >= 15 is 0 Å². The van der Waals surface area contributed by atoms with Crippen LogP contribution in [0.2, 0.25) is 0 Å². The van der Waals surface area contributed by atoms with Crippen LogP contribution in [0, 0.1) is 13.8 Å². The number of nitrogens with one attached hydrogen (secondary N) is 1. The van der Waals surface area contributed by atoms with E-state index < -0.39 is 0 Å². The molecule has 1 N–H and O–H groups in total. The highest BCUT2D eigenvalue weighted by molar-refractivity contribution is 7.99. The van der Waals surface area contributed by atoms with Gasteiger partial charge < -0.3 is 9.55 Å². The van der Waals surface area contributed by atoms with Gasteiger partial charge in [-0.15, -0.1) is 21.5 Å². The minimum Gasteiger partial charge on any atom is -0.309 e. The molecule has 1 fully saturated rings. The molecule has 33 heavy (non-hydrogen) atoms. The van der Waals surface area contributed by atoms with E-state index in [1.54, 1.807) is 23.1 Å². The number of hydrogen-bond donors (Lipinski definition) is 1. The number of fused-ring (bicyclic) bond motifs is 1. The second-order valence-electron chi connectivity index (χ2n) is 8.63. The van der Waals surface area contributed by atoms with Gasteiger partial charge in [0, 0.05) is 4.88 Å². The Kier molecular flexibility index (Phi) is 6.36. The number of rotatable bonds is 7. The predicted molar refractivity (Wildman–Crippen MR) is 134 cm³/mol. The zero-order valence-corrected chi connectivity index (χ0v) is 20.8. The molecule has 0 unspecified atom stereocenters. The van der Waals surface area contributed by atoms with Gasteiger partial charge in [0.15, 0.2) is 5.16 Å². The molecule has 9 heteroatoms. The van der Waals surface area contributed by atoms with Crippen molar-refractivity contribution in [1.82, 2.24) is 29.6 Å². The Bertz CT molecular complexity index is 1320. The van der Waals surface area contributed by atoms with Gasteiger partial charge in [-0.2, -0.15) is 0 Å². The fourth-order valence-electron chi connectivity index (χ4n) is 4.27. The van der Waals surface area contributed by atoms with Crippen LogP contribution in [0.15, 0.2) is 40.3 Å². The van der Waals surface area contributed by atoms with E-state index in [-0.39, 0.29) is 10.8 Å². The number of likely N-dealkylation sites (tertiary alicyclic amines) is 1. The average molecular weight is 481 g/mol. The summed E-state index contributed by atoms with van der Waals surface area (Å²) >= 11 is 3.17. The van der Waals surface area contributed by atoms with E-state index in [1.165, 1.54) is 18.4 Å². The summed E-state index contributed by atoms with van der Waals surface area (Å²) in [6.07, 6.45) is 2.49. The normalized spacial score (nSPS) is 15.5. The van der Waals surface area contributed by atoms with Crippen molar-refractivity contribution in [3.8, 4) is 0 Å². The minimum absolute atomic E-state index is 0.0650. The molecule has 4 heterocycles. The molecule has 172 valence electrons. The molecule has 0 radical (unpaired) electrons. The first kappa shape index (κ1) is 22.3. The molecule has 1 aliphatic heterocycles. The summed E-state index contributed by atoms with van der Waals surface area (Å²) < 4.78 is 2.21. The van der Waals surface area contributed by atoms with Crippen molar-refractivity contribution in [3.63, 3.8) is 0 Å². The number of hydrogen-bond acceptors (Lipinski definition) is 7. The SMILES string of the molecule is Cc1sc2nc([C@H](C)Sc3nnc(CN4CCCC4)n3Cc3ccccc3)[nH]c(=O)c2c1C. The molecule has 7 nitrogen and oxygen atoms in total. The van der Waals surface area contributed by atoms with Crippen molar-refractivity contribution < 1.29 is 0 Å². The Morgan fingerprint density at radius 1 is 1.12 bits per heavy atom. The summed E-state index contributed by atoms with van der Waals surface area (Å²) in [4.78, 5) is 24.9. The fourth-order valence-corrected chi connectivity index (χ4v) is 6.23. The Morgan fingerprint density at radius 3 is 2.64 bits per heavy atom. The van der Waals surface area contributed by atoms with E-state index in [4.69, 9.17) is 4.98 Å². The largest absolute Gasteiger partial charge is 0.309 e. The molecule has 1 aliphatic rings. The molecular weight excluding hydrogens is 452 g/mol. The van der Waals surface area contributed by atoms with Gasteiger partial charge in [0.1, 0.15) is 16.5 Å². The molecule has 3 aromatic heterocycles. The van der Waals surface area contributed by atoms with Crippen molar-refractivity contribution >= 4 is 33.3 Å². The topological polar surface area (TPSA) is 79.7 Å². The van der Waals surface area contributed by atoms with Crippen LogP contribution in [-0.4, -0.2) is 42.7 Å². The third kappa shape index (κ3) is 4.62. The molecule has 0 spiro atoms. The first-order chi connectivity index (χ1) is 16.0. The van der Waals surface area contributed by atoms with E-state index in [9.17, 15) is 4.79 Å². The average Bonchev–Trinajstić information content (AvgIpc) is 3.51. The van der Waals surface area contributed by atoms with E-state index in [1.807, 2.05) is 19.9 Å². The number of aromatic amines is 1. The summed E-state index contributed by atoms with van der Waals surface area (Å²) in [7, 11) is 0. The molecular formula is C24H28N6OS2. The smallest absolute Gasteiger partial charge is 0.259 e. The summed E-state index contributed by atoms with van der Waals surface area (Å²) in [5.41, 5.74) is 2.17. The molecule has 0 aliphatic carbocycles. The molecule has 0 amide bonds. The van der Waals surface area contributed by atoms with Crippen LogP contribution in [0.25, 0.3) is 10.2 Å². The van der Waals surface area contributed by atoms with Crippen molar-refractivity contribution in [2.24, 2.45) is 0 Å². The lowest BCUT2D eigenvalue weighted by molar-refractivity contribution is 0.316. The third-order valence-corrected chi connectivity index (χ3v) is 8.46. The summed E-state index contributed by atoms with van der Waals surface area (Å²) in [6, 6.07) is 10.4. The van der Waals surface area contributed by atoms with Gasteiger partial charge >= 0.3 is 0 Å². The number of thioether (sulfide) groups is 1. The molecule has 4 aromatic rings. The maximum absolute atomic E-state index is 12.8. The molecule has 1 aromatic carbocycles. The summed E-state index contributed by atoms with van der Waals surface area (Å²) in [5, 5.41) is 10.6. The number of benzene rings is 1. The summed E-state index contributed by atoms with van der Waals surface area (Å²) in [6.45, 7) is 9.83. The third-order valence-electron chi connectivity index (χ3n) is 6.27. The predicted octanol–water partition coefficient (Wildman–Crippen LogP) is 4.69. The van der Waals surface area contributed by atoms with E-state index in [2.05, 4.69) is 55.8 Å². The Balaban J connectivity index is 1.45. The number of H-pyrrole nitrogens is 1. The maximum Gasteiger partial charge on any atom is 0.259 e. The second-order valence-corrected chi connectivity index (χ2v) is 11.1. The van der Waals surface area contributed by atoms with Gasteiger partial charge in [0.05, 0.1) is 23.7 Å². The lowest BCUT2D eigenvalue weighted by Gasteiger charge is -2.17. The van der Waals surface area contributed by atoms with Gasteiger partial charge in [0.2, 0.25) is 0 Å². The Hall–Kier alpha value is -2.49. The van der Waals surface area contributed by atoms with Crippen molar-refractivity contribution in [2.75, 3.05) is 13.1 Å². The highest BCUT2D eigenvalue weighted by atomic mass is 32.2. The molecule has 5 rings (SSSR count).